The predicted octanol–water partition coefficient (Wildman–Crippen LogP) is 2.33. The lowest BCUT2D eigenvalue weighted by Crippen LogP contribution is -2.48. The highest BCUT2D eigenvalue weighted by Crippen LogP contribution is 2.31. The highest BCUT2D eigenvalue weighted by atomic mass is 32.2. The monoisotopic (exact) mass is 314 g/mol. The average molecular weight is 314 g/mol. The zero-order chi connectivity index (χ0) is 15.0. The summed E-state index contributed by atoms with van der Waals surface area (Å²) in [6, 6.07) is 0.336. The molecule has 0 bridgehead atoms. The lowest BCUT2D eigenvalue weighted by Gasteiger charge is -2.37. The lowest BCUT2D eigenvalue weighted by molar-refractivity contribution is -0.124. The van der Waals surface area contributed by atoms with E-state index in [2.05, 4.69) is 17.6 Å². The number of rotatable bonds is 7. The van der Waals surface area contributed by atoms with E-state index in [1.807, 2.05) is 11.8 Å². The van der Waals surface area contributed by atoms with Crippen molar-refractivity contribution in [2.75, 3.05) is 31.2 Å². The van der Waals surface area contributed by atoms with Crippen LogP contribution in [0, 0.1) is 0 Å². The van der Waals surface area contributed by atoms with Gasteiger partial charge in [-0.3, -0.25) is 4.79 Å². The minimum absolute atomic E-state index is 0.0985. The van der Waals surface area contributed by atoms with E-state index in [1.54, 1.807) is 0 Å². The summed E-state index contributed by atoms with van der Waals surface area (Å²) in [6.07, 6.45) is 7.56. The van der Waals surface area contributed by atoms with Crippen LogP contribution in [0.5, 0.6) is 0 Å². The van der Waals surface area contributed by atoms with Crippen LogP contribution in [0.4, 0.5) is 0 Å². The van der Waals surface area contributed by atoms with Crippen molar-refractivity contribution >= 4 is 17.7 Å². The topological polar surface area (TPSA) is 50.4 Å². The van der Waals surface area contributed by atoms with Crippen molar-refractivity contribution in [3.8, 4) is 0 Å². The molecular formula is C16H30N2O2S. The number of nitrogens with one attached hydrogen (secondary N) is 2. The fourth-order valence-electron chi connectivity index (χ4n) is 3.19. The molecule has 2 N–H and O–H groups in total. The van der Waals surface area contributed by atoms with E-state index in [1.165, 1.54) is 19.3 Å². The maximum Gasteiger partial charge on any atom is 0.221 e. The van der Waals surface area contributed by atoms with Crippen LogP contribution >= 0.6 is 11.8 Å². The SMILES string of the molecule is CCCOC1(CNC(=O)CC2CSCCN2)CCCCC1. The molecule has 1 saturated carbocycles. The molecule has 5 heteroatoms. The largest absolute Gasteiger partial charge is 0.373 e. The molecule has 1 aliphatic heterocycles. The number of hydrogen-bond donors (Lipinski definition) is 2. The smallest absolute Gasteiger partial charge is 0.221 e. The molecule has 1 atom stereocenters. The van der Waals surface area contributed by atoms with Crippen LogP contribution in [0.2, 0.25) is 0 Å². The molecule has 1 saturated heterocycles. The highest BCUT2D eigenvalue weighted by molar-refractivity contribution is 7.99. The first-order valence-electron chi connectivity index (χ1n) is 8.46. The minimum Gasteiger partial charge on any atom is -0.373 e. The van der Waals surface area contributed by atoms with Gasteiger partial charge in [0.1, 0.15) is 0 Å². The summed E-state index contributed by atoms with van der Waals surface area (Å²) >= 11 is 1.93. The molecule has 0 aromatic rings. The molecule has 1 unspecified atom stereocenters. The molecule has 4 nitrogen and oxygen atoms in total. The first-order chi connectivity index (χ1) is 10.2. The third-order valence-electron chi connectivity index (χ3n) is 4.42. The van der Waals surface area contributed by atoms with E-state index in [4.69, 9.17) is 4.74 Å². The van der Waals surface area contributed by atoms with E-state index in [0.717, 1.165) is 43.9 Å². The first-order valence-corrected chi connectivity index (χ1v) is 9.61. The minimum atomic E-state index is -0.0985. The summed E-state index contributed by atoms with van der Waals surface area (Å²) in [5, 5.41) is 6.56. The molecule has 2 aliphatic rings. The molecule has 0 aromatic heterocycles. The Bertz CT molecular complexity index is 313. The van der Waals surface area contributed by atoms with E-state index < -0.39 is 0 Å². The Morgan fingerprint density at radius 3 is 2.86 bits per heavy atom. The van der Waals surface area contributed by atoms with E-state index in [-0.39, 0.29) is 11.5 Å². The van der Waals surface area contributed by atoms with Crippen LogP contribution in [-0.4, -0.2) is 48.8 Å². The standard InChI is InChI=1S/C16H30N2O2S/c1-2-9-20-16(6-4-3-5-7-16)13-18-15(19)11-14-12-21-10-8-17-14/h14,17H,2-13H2,1H3,(H,18,19). The van der Waals surface area contributed by atoms with Gasteiger partial charge in [-0.1, -0.05) is 26.2 Å². The number of amides is 1. The second-order valence-corrected chi connectivity index (χ2v) is 7.45. The molecular weight excluding hydrogens is 284 g/mol. The summed E-state index contributed by atoms with van der Waals surface area (Å²) < 4.78 is 6.13. The summed E-state index contributed by atoms with van der Waals surface area (Å²) in [5.74, 6) is 2.37. The van der Waals surface area contributed by atoms with Gasteiger partial charge in [0, 0.05) is 43.7 Å². The third kappa shape index (κ3) is 5.80. The lowest BCUT2D eigenvalue weighted by atomic mass is 9.84. The molecule has 1 amide bonds. The number of ether oxygens (including phenoxy) is 1. The summed E-state index contributed by atoms with van der Waals surface area (Å²) in [4.78, 5) is 12.2. The predicted molar refractivity (Wildman–Crippen MR) is 88.8 cm³/mol. The van der Waals surface area contributed by atoms with Crippen molar-refractivity contribution in [2.45, 2.75) is 63.5 Å². The van der Waals surface area contributed by atoms with Crippen molar-refractivity contribution in [3.63, 3.8) is 0 Å². The van der Waals surface area contributed by atoms with E-state index in [0.29, 0.717) is 19.0 Å². The van der Waals surface area contributed by atoms with Crippen LogP contribution in [0.25, 0.3) is 0 Å². The number of carbonyl (C=O) groups excluding carboxylic acids is 1. The van der Waals surface area contributed by atoms with Gasteiger partial charge in [0.25, 0.3) is 0 Å². The number of thioether (sulfide) groups is 1. The van der Waals surface area contributed by atoms with E-state index >= 15 is 0 Å². The third-order valence-corrected chi connectivity index (χ3v) is 5.55. The summed E-state index contributed by atoms with van der Waals surface area (Å²) in [7, 11) is 0. The number of carbonyl (C=O) groups is 1. The van der Waals surface area contributed by atoms with Gasteiger partial charge in [0.2, 0.25) is 5.91 Å². The van der Waals surface area contributed by atoms with Gasteiger partial charge in [0.15, 0.2) is 0 Å². The zero-order valence-electron chi connectivity index (χ0n) is 13.3. The van der Waals surface area contributed by atoms with Crippen molar-refractivity contribution in [2.24, 2.45) is 0 Å². The second-order valence-electron chi connectivity index (χ2n) is 6.30. The molecule has 0 radical (unpaired) electrons. The van der Waals surface area contributed by atoms with Gasteiger partial charge in [-0.25, -0.2) is 0 Å². The Morgan fingerprint density at radius 1 is 1.38 bits per heavy atom. The van der Waals surface area contributed by atoms with Crippen LogP contribution in [-0.2, 0) is 9.53 Å². The Hall–Kier alpha value is -0.260. The molecule has 2 rings (SSSR count). The molecule has 122 valence electrons. The summed E-state index contributed by atoms with van der Waals surface area (Å²) in [6.45, 7) is 4.65. The first kappa shape index (κ1) is 17.1. The Morgan fingerprint density at radius 2 is 2.19 bits per heavy atom. The Labute approximate surface area is 133 Å². The van der Waals surface area contributed by atoms with E-state index in [9.17, 15) is 4.79 Å². The molecule has 1 aliphatic carbocycles. The quantitative estimate of drug-likeness (QED) is 0.757. The van der Waals surface area contributed by atoms with Gasteiger partial charge in [-0.05, 0) is 19.3 Å². The van der Waals surface area contributed by atoms with Crippen LogP contribution in [0.1, 0.15) is 51.9 Å². The molecule has 0 spiro atoms. The van der Waals surface area contributed by atoms with Crippen molar-refractivity contribution in [3.05, 3.63) is 0 Å². The van der Waals surface area contributed by atoms with Crippen molar-refractivity contribution < 1.29 is 9.53 Å². The highest BCUT2D eigenvalue weighted by Gasteiger charge is 2.33. The van der Waals surface area contributed by atoms with Gasteiger partial charge >= 0.3 is 0 Å². The van der Waals surface area contributed by atoms with Gasteiger partial charge < -0.3 is 15.4 Å². The second kappa shape index (κ2) is 9.01. The van der Waals surface area contributed by atoms with Crippen LogP contribution in [0.3, 0.4) is 0 Å². The van der Waals surface area contributed by atoms with Crippen molar-refractivity contribution in [1.29, 1.82) is 0 Å². The normalized spacial score (nSPS) is 25.5. The Kier molecular flexibility index (Phi) is 7.34. The molecule has 21 heavy (non-hydrogen) atoms. The van der Waals surface area contributed by atoms with Crippen LogP contribution in [0.15, 0.2) is 0 Å². The molecule has 2 fully saturated rings. The average Bonchev–Trinajstić information content (AvgIpc) is 2.53. The molecule has 1 heterocycles. The Balaban J connectivity index is 1.75. The van der Waals surface area contributed by atoms with Gasteiger partial charge in [0.05, 0.1) is 5.60 Å². The summed E-state index contributed by atoms with van der Waals surface area (Å²) in [5.41, 5.74) is -0.0985. The fourth-order valence-corrected chi connectivity index (χ4v) is 4.14. The van der Waals surface area contributed by atoms with Crippen molar-refractivity contribution in [1.82, 2.24) is 10.6 Å². The molecule has 0 aromatic carbocycles. The maximum absolute atomic E-state index is 12.2. The van der Waals surface area contributed by atoms with Crippen LogP contribution < -0.4 is 10.6 Å². The number of hydrogen-bond acceptors (Lipinski definition) is 4. The van der Waals surface area contributed by atoms with Gasteiger partial charge in [-0.15, -0.1) is 0 Å². The zero-order valence-corrected chi connectivity index (χ0v) is 14.1. The maximum atomic E-state index is 12.2. The fraction of sp³-hybridized carbons (Fsp3) is 0.938. The van der Waals surface area contributed by atoms with Gasteiger partial charge in [-0.2, -0.15) is 11.8 Å².